The molecule has 1 aliphatic heterocycles. The average Bonchev–Trinajstić information content (AvgIpc) is 2.68. The van der Waals surface area contributed by atoms with Crippen LogP contribution in [0.3, 0.4) is 0 Å². The van der Waals surface area contributed by atoms with Crippen LogP contribution in [0.25, 0.3) is 10.9 Å². The van der Waals surface area contributed by atoms with Crippen molar-refractivity contribution in [2.75, 3.05) is 6.54 Å². The third-order valence-corrected chi connectivity index (χ3v) is 3.86. The van der Waals surface area contributed by atoms with Crippen molar-refractivity contribution in [2.45, 2.75) is 31.7 Å². The summed E-state index contributed by atoms with van der Waals surface area (Å²) in [5.41, 5.74) is 2.49. The third kappa shape index (κ3) is 1.83. The van der Waals surface area contributed by atoms with E-state index in [1.807, 2.05) is 0 Å². The number of para-hydroxylation sites is 1. The normalized spacial score (nSPS) is 23.1. The summed E-state index contributed by atoms with van der Waals surface area (Å²) in [5.74, 6) is 0.520. The van der Waals surface area contributed by atoms with Crippen molar-refractivity contribution in [1.29, 1.82) is 0 Å². The molecule has 0 bridgehead atoms. The summed E-state index contributed by atoms with van der Waals surface area (Å²) < 4.78 is 0. The molecule has 1 aromatic carbocycles. The van der Waals surface area contributed by atoms with E-state index in [4.69, 9.17) is 4.98 Å². The van der Waals surface area contributed by atoms with Gasteiger partial charge in [-0.25, -0.2) is 0 Å². The zero-order valence-corrected chi connectivity index (χ0v) is 10.4. The standard InChI is InChI=1S/C15H18N2/c1-15(2)12(9-10-16-15)14-8-7-11-5-3-4-6-13(11)17-14/h3-8,12,16H,9-10H2,1-2H3. The first-order chi connectivity index (χ1) is 8.17. The molecule has 88 valence electrons. The molecule has 0 amide bonds. The van der Waals surface area contributed by atoms with Crippen molar-refractivity contribution in [1.82, 2.24) is 10.3 Å². The average molecular weight is 226 g/mol. The fraction of sp³-hybridized carbons (Fsp3) is 0.400. The lowest BCUT2D eigenvalue weighted by molar-refractivity contribution is 0.406. The van der Waals surface area contributed by atoms with Gasteiger partial charge in [-0.05, 0) is 38.9 Å². The molecule has 0 saturated carbocycles. The van der Waals surface area contributed by atoms with Crippen LogP contribution in [0.1, 0.15) is 31.9 Å². The molecule has 0 aliphatic carbocycles. The molecule has 1 N–H and O–H groups in total. The minimum Gasteiger partial charge on any atom is -0.311 e. The second-order valence-electron chi connectivity index (χ2n) is 5.42. The van der Waals surface area contributed by atoms with Crippen molar-refractivity contribution in [2.24, 2.45) is 0 Å². The SMILES string of the molecule is CC1(C)NCCC1c1ccc2ccccc2n1. The maximum Gasteiger partial charge on any atom is 0.0705 e. The Kier molecular flexibility index (Phi) is 2.40. The van der Waals surface area contributed by atoms with E-state index in [2.05, 4.69) is 55.6 Å². The fourth-order valence-corrected chi connectivity index (χ4v) is 2.82. The zero-order valence-electron chi connectivity index (χ0n) is 10.4. The summed E-state index contributed by atoms with van der Waals surface area (Å²) in [5, 5.41) is 4.77. The van der Waals surface area contributed by atoms with E-state index < -0.39 is 0 Å². The molecule has 1 saturated heterocycles. The quantitative estimate of drug-likeness (QED) is 0.808. The van der Waals surface area contributed by atoms with E-state index in [9.17, 15) is 0 Å². The Hall–Kier alpha value is -1.41. The van der Waals surface area contributed by atoms with Crippen molar-refractivity contribution in [3.05, 3.63) is 42.1 Å². The first kappa shape index (κ1) is 10.7. The Morgan fingerprint density at radius 2 is 2.00 bits per heavy atom. The number of nitrogens with one attached hydrogen (secondary N) is 1. The second-order valence-corrected chi connectivity index (χ2v) is 5.42. The van der Waals surface area contributed by atoms with Crippen LogP contribution < -0.4 is 5.32 Å². The first-order valence-electron chi connectivity index (χ1n) is 6.27. The molecule has 2 aromatic rings. The Labute approximate surface area is 102 Å². The van der Waals surface area contributed by atoms with E-state index in [-0.39, 0.29) is 5.54 Å². The lowest BCUT2D eigenvalue weighted by atomic mass is 9.86. The molecule has 2 nitrogen and oxygen atoms in total. The summed E-state index contributed by atoms with van der Waals surface area (Å²) in [7, 11) is 0. The maximum atomic E-state index is 4.81. The summed E-state index contributed by atoms with van der Waals surface area (Å²) in [6, 6.07) is 12.7. The molecule has 17 heavy (non-hydrogen) atoms. The molecule has 1 fully saturated rings. The summed E-state index contributed by atoms with van der Waals surface area (Å²) in [6.07, 6.45) is 1.18. The van der Waals surface area contributed by atoms with E-state index >= 15 is 0 Å². The first-order valence-corrected chi connectivity index (χ1v) is 6.27. The van der Waals surface area contributed by atoms with Gasteiger partial charge in [-0.3, -0.25) is 4.98 Å². The largest absolute Gasteiger partial charge is 0.311 e. The molecule has 2 heterocycles. The number of fused-ring (bicyclic) bond motifs is 1. The Bertz CT molecular complexity index is 545. The van der Waals surface area contributed by atoms with Gasteiger partial charge < -0.3 is 5.32 Å². The number of aromatic nitrogens is 1. The highest BCUT2D eigenvalue weighted by atomic mass is 15.0. The van der Waals surface area contributed by atoms with Crippen molar-refractivity contribution >= 4 is 10.9 Å². The number of hydrogen-bond acceptors (Lipinski definition) is 2. The number of hydrogen-bond donors (Lipinski definition) is 1. The van der Waals surface area contributed by atoms with E-state index in [0.717, 1.165) is 12.1 Å². The van der Waals surface area contributed by atoms with Gasteiger partial charge in [0.15, 0.2) is 0 Å². The highest BCUT2D eigenvalue weighted by molar-refractivity contribution is 5.78. The van der Waals surface area contributed by atoms with Gasteiger partial charge >= 0.3 is 0 Å². The summed E-state index contributed by atoms with van der Waals surface area (Å²) in [6.45, 7) is 5.62. The van der Waals surface area contributed by atoms with Gasteiger partial charge in [-0.2, -0.15) is 0 Å². The van der Waals surface area contributed by atoms with Crippen LogP contribution in [-0.4, -0.2) is 17.1 Å². The molecular formula is C15H18N2. The monoisotopic (exact) mass is 226 g/mol. The molecule has 3 rings (SSSR count). The number of pyridine rings is 1. The smallest absolute Gasteiger partial charge is 0.0705 e. The molecule has 1 atom stereocenters. The Morgan fingerprint density at radius 1 is 1.18 bits per heavy atom. The fourth-order valence-electron chi connectivity index (χ4n) is 2.82. The second kappa shape index (κ2) is 3.81. The zero-order chi connectivity index (χ0) is 11.9. The lowest BCUT2D eigenvalue weighted by Gasteiger charge is -2.26. The van der Waals surface area contributed by atoms with Gasteiger partial charge in [-0.15, -0.1) is 0 Å². The van der Waals surface area contributed by atoms with Crippen molar-refractivity contribution < 1.29 is 0 Å². The molecule has 1 aromatic heterocycles. The minimum absolute atomic E-state index is 0.162. The highest BCUT2D eigenvalue weighted by Gasteiger charge is 2.35. The van der Waals surface area contributed by atoms with Gasteiger partial charge in [0.05, 0.1) is 5.52 Å². The maximum absolute atomic E-state index is 4.81. The minimum atomic E-state index is 0.162. The van der Waals surface area contributed by atoms with Crippen LogP contribution in [0, 0.1) is 0 Å². The summed E-state index contributed by atoms with van der Waals surface area (Å²) in [4.78, 5) is 4.81. The van der Waals surface area contributed by atoms with Crippen LogP contribution in [-0.2, 0) is 0 Å². The van der Waals surface area contributed by atoms with E-state index in [0.29, 0.717) is 5.92 Å². The highest BCUT2D eigenvalue weighted by Crippen LogP contribution is 2.34. The molecule has 0 radical (unpaired) electrons. The molecular weight excluding hydrogens is 208 g/mol. The number of rotatable bonds is 1. The topological polar surface area (TPSA) is 24.9 Å². The number of benzene rings is 1. The van der Waals surface area contributed by atoms with Crippen LogP contribution in [0.5, 0.6) is 0 Å². The molecule has 1 aliphatic rings. The van der Waals surface area contributed by atoms with Crippen molar-refractivity contribution in [3.63, 3.8) is 0 Å². The van der Waals surface area contributed by atoms with Crippen LogP contribution >= 0.6 is 0 Å². The van der Waals surface area contributed by atoms with Gasteiger partial charge in [0.2, 0.25) is 0 Å². The van der Waals surface area contributed by atoms with Gasteiger partial charge in [-0.1, -0.05) is 24.3 Å². The van der Waals surface area contributed by atoms with Gasteiger partial charge in [0.1, 0.15) is 0 Å². The molecule has 1 unspecified atom stereocenters. The van der Waals surface area contributed by atoms with Crippen LogP contribution in [0.15, 0.2) is 36.4 Å². The predicted molar refractivity (Wildman–Crippen MR) is 71.2 cm³/mol. The van der Waals surface area contributed by atoms with Gasteiger partial charge in [0.25, 0.3) is 0 Å². The lowest BCUT2D eigenvalue weighted by Crippen LogP contribution is -2.37. The van der Waals surface area contributed by atoms with Crippen LogP contribution in [0.2, 0.25) is 0 Å². The predicted octanol–water partition coefficient (Wildman–Crippen LogP) is 3.09. The summed E-state index contributed by atoms with van der Waals surface area (Å²) >= 11 is 0. The molecule has 2 heteroatoms. The van der Waals surface area contributed by atoms with Gasteiger partial charge in [0, 0.05) is 22.5 Å². The number of nitrogens with zero attached hydrogens (tertiary/aromatic N) is 1. The third-order valence-electron chi connectivity index (χ3n) is 3.86. The molecule has 0 spiro atoms. The Balaban J connectivity index is 2.06. The Morgan fingerprint density at radius 3 is 2.76 bits per heavy atom. The van der Waals surface area contributed by atoms with Crippen molar-refractivity contribution in [3.8, 4) is 0 Å². The van der Waals surface area contributed by atoms with Crippen LogP contribution in [0.4, 0.5) is 0 Å². The van der Waals surface area contributed by atoms with E-state index in [1.54, 1.807) is 0 Å². The van der Waals surface area contributed by atoms with E-state index in [1.165, 1.54) is 17.5 Å².